The van der Waals surface area contributed by atoms with Gasteiger partial charge in [0.15, 0.2) is 0 Å². The molecule has 0 saturated carbocycles. The first-order valence-corrected chi connectivity index (χ1v) is 8.51. The van der Waals surface area contributed by atoms with Crippen molar-refractivity contribution in [1.82, 2.24) is 0 Å². The molecule has 1 aliphatic heterocycles. The molecule has 0 unspecified atom stereocenters. The summed E-state index contributed by atoms with van der Waals surface area (Å²) in [6.45, 7) is 2.01. The number of benzene rings is 2. The molecule has 1 heterocycles. The highest BCUT2D eigenvalue weighted by Crippen LogP contribution is 2.38. The number of hydrogen-bond donors (Lipinski definition) is 0. The fraction of sp³-hybridized carbons (Fsp3) is 0.238. The third-order valence-electron chi connectivity index (χ3n) is 4.83. The number of carbonyl (C=O) groups is 2. The summed E-state index contributed by atoms with van der Waals surface area (Å²) in [5, 5.41) is 0. The number of hydrogen-bond acceptors (Lipinski definition) is 3. The number of aryl methyl sites for hydroxylation is 1. The summed E-state index contributed by atoms with van der Waals surface area (Å²) in [7, 11) is 0. The number of amides is 2. The van der Waals surface area contributed by atoms with E-state index in [1.54, 1.807) is 24.3 Å². The van der Waals surface area contributed by atoms with Gasteiger partial charge in [0.05, 0.1) is 17.5 Å². The molecule has 25 heavy (non-hydrogen) atoms. The molecule has 0 N–H and O–H groups in total. The van der Waals surface area contributed by atoms with E-state index in [0.717, 1.165) is 11.3 Å². The molecule has 1 aliphatic carbocycles. The minimum atomic E-state index is -0.208. The zero-order valence-corrected chi connectivity index (χ0v) is 14.0. The van der Waals surface area contributed by atoms with Crippen LogP contribution in [0.1, 0.15) is 18.4 Å². The van der Waals surface area contributed by atoms with Crippen molar-refractivity contribution in [3.05, 3.63) is 66.2 Å². The van der Waals surface area contributed by atoms with Gasteiger partial charge in [0.2, 0.25) is 11.8 Å². The Labute approximate surface area is 146 Å². The van der Waals surface area contributed by atoms with Crippen LogP contribution in [-0.4, -0.2) is 11.8 Å². The number of allylic oxidation sites excluding steroid dienone is 2. The molecule has 4 rings (SSSR count). The minimum Gasteiger partial charge on any atom is -0.457 e. The van der Waals surface area contributed by atoms with E-state index in [2.05, 4.69) is 0 Å². The number of anilines is 1. The lowest BCUT2D eigenvalue weighted by atomic mass is 9.85. The standard InChI is InChI=1S/C21H19NO3/c1-14-5-4-6-17(13-14)25-16-11-9-15(10-12-16)22-20(23)18-7-2-3-8-19(18)21(22)24/h2-6,9-13,18-19H,7-8H2,1H3/t18-,19-/m1/s1. The summed E-state index contributed by atoms with van der Waals surface area (Å²) in [4.78, 5) is 26.5. The highest BCUT2D eigenvalue weighted by atomic mass is 16.5. The van der Waals surface area contributed by atoms with Crippen molar-refractivity contribution in [3.63, 3.8) is 0 Å². The fourth-order valence-corrected chi connectivity index (χ4v) is 3.53. The second-order valence-corrected chi connectivity index (χ2v) is 6.58. The highest BCUT2D eigenvalue weighted by molar-refractivity contribution is 6.22. The van der Waals surface area contributed by atoms with Gasteiger partial charge in [-0.3, -0.25) is 14.5 Å². The lowest BCUT2D eigenvalue weighted by molar-refractivity contribution is -0.122. The van der Waals surface area contributed by atoms with Crippen LogP contribution in [0, 0.1) is 18.8 Å². The van der Waals surface area contributed by atoms with Crippen LogP contribution in [0.4, 0.5) is 5.69 Å². The van der Waals surface area contributed by atoms with E-state index in [1.807, 2.05) is 43.3 Å². The zero-order chi connectivity index (χ0) is 17.4. The number of fused-ring (bicyclic) bond motifs is 1. The van der Waals surface area contributed by atoms with Crippen molar-refractivity contribution in [2.75, 3.05) is 4.90 Å². The normalized spacial score (nSPS) is 22.2. The Morgan fingerprint density at radius 1 is 0.880 bits per heavy atom. The predicted octanol–water partition coefficient (Wildman–Crippen LogP) is 4.24. The van der Waals surface area contributed by atoms with Crippen molar-refractivity contribution in [2.24, 2.45) is 11.8 Å². The third kappa shape index (κ3) is 2.84. The molecule has 0 radical (unpaired) electrons. The van der Waals surface area contributed by atoms with E-state index < -0.39 is 0 Å². The van der Waals surface area contributed by atoms with Gasteiger partial charge in [0, 0.05) is 0 Å². The Morgan fingerprint density at radius 3 is 2.12 bits per heavy atom. The van der Waals surface area contributed by atoms with Crippen LogP contribution in [0.25, 0.3) is 0 Å². The molecule has 0 bridgehead atoms. The number of imide groups is 1. The average Bonchev–Trinajstić information content (AvgIpc) is 2.87. The lowest BCUT2D eigenvalue weighted by Gasteiger charge is -2.15. The first-order chi connectivity index (χ1) is 12.1. The number of rotatable bonds is 3. The van der Waals surface area contributed by atoms with Crippen molar-refractivity contribution in [2.45, 2.75) is 19.8 Å². The molecule has 2 amide bonds. The summed E-state index contributed by atoms with van der Waals surface area (Å²) in [5.74, 6) is 0.838. The van der Waals surface area contributed by atoms with E-state index in [1.165, 1.54) is 4.90 Å². The largest absolute Gasteiger partial charge is 0.457 e. The third-order valence-corrected chi connectivity index (χ3v) is 4.83. The molecule has 4 heteroatoms. The number of ether oxygens (including phenoxy) is 1. The van der Waals surface area contributed by atoms with Gasteiger partial charge < -0.3 is 4.74 Å². The predicted molar refractivity (Wildman–Crippen MR) is 95.5 cm³/mol. The van der Waals surface area contributed by atoms with Crippen LogP contribution in [0.3, 0.4) is 0 Å². The maximum Gasteiger partial charge on any atom is 0.238 e. The monoisotopic (exact) mass is 333 g/mol. The Balaban J connectivity index is 1.54. The number of carbonyl (C=O) groups excluding carboxylic acids is 2. The van der Waals surface area contributed by atoms with Gasteiger partial charge in [-0.25, -0.2) is 0 Å². The average molecular weight is 333 g/mol. The summed E-state index contributed by atoms with van der Waals surface area (Å²) < 4.78 is 5.83. The molecule has 0 aromatic heterocycles. The van der Waals surface area contributed by atoms with Gasteiger partial charge in [-0.1, -0.05) is 24.3 Å². The maximum absolute atomic E-state index is 12.6. The van der Waals surface area contributed by atoms with Crippen molar-refractivity contribution in [1.29, 1.82) is 0 Å². The molecule has 4 nitrogen and oxygen atoms in total. The van der Waals surface area contributed by atoms with Crippen LogP contribution in [0.5, 0.6) is 11.5 Å². The Bertz CT molecular complexity index is 828. The molecule has 2 aliphatic rings. The Hall–Kier alpha value is -2.88. The fourth-order valence-electron chi connectivity index (χ4n) is 3.53. The summed E-state index contributed by atoms with van der Waals surface area (Å²) >= 11 is 0. The topological polar surface area (TPSA) is 46.6 Å². The van der Waals surface area contributed by atoms with Crippen molar-refractivity contribution < 1.29 is 14.3 Å². The van der Waals surface area contributed by atoms with Crippen molar-refractivity contribution in [3.8, 4) is 11.5 Å². The molecule has 2 aromatic carbocycles. The molecular formula is C21H19NO3. The van der Waals surface area contributed by atoms with Crippen LogP contribution < -0.4 is 9.64 Å². The minimum absolute atomic E-state index is 0.0910. The van der Waals surface area contributed by atoms with Gasteiger partial charge in [-0.2, -0.15) is 0 Å². The lowest BCUT2D eigenvalue weighted by Crippen LogP contribution is -2.30. The molecule has 0 spiro atoms. The first-order valence-electron chi connectivity index (χ1n) is 8.51. The van der Waals surface area contributed by atoms with Crippen molar-refractivity contribution >= 4 is 17.5 Å². The maximum atomic E-state index is 12.6. The van der Waals surface area contributed by atoms with Crippen LogP contribution in [-0.2, 0) is 9.59 Å². The number of nitrogens with zero attached hydrogens (tertiary/aromatic N) is 1. The van der Waals surface area contributed by atoms with Gasteiger partial charge in [0.25, 0.3) is 0 Å². The second-order valence-electron chi connectivity index (χ2n) is 6.58. The quantitative estimate of drug-likeness (QED) is 0.623. The first kappa shape index (κ1) is 15.6. The smallest absolute Gasteiger partial charge is 0.238 e. The highest BCUT2D eigenvalue weighted by Gasteiger charge is 2.47. The summed E-state index contributed by atoms with van der Waals surface area (Å²) in [6, 6.07) is 14.9. The Morgan fingerprint density at radius 2 is 1.52 bits per heavy atom. The molecule has 2 aromatic rings. The van der Waals surface area contributed by atoms with Gasteiger partial charge >= 0.3 is 0 Å². The SMILES string of the molecule is Cc1cccc(Oc2ccc(N3C(=O)[C@@H]4CC=CC[C@H]4C3=O)cc2)c1. The van der Waals surface area contributed by atoms with Gasteiger partial charge in [0.1, 0.15) is 11.5 Å². The zero-order valence-electron chi connectivity index (χ0n) is 14.0. The van der Waals surface area contributed by atoms with Crippen LogP contribution in [0.15, 0.2) is 60.7 Å². The second kappa shape index (κ2) is 6.20. The molecule has 1 fully saturated rings. The van der Waals surface area contributed by atoms with E-state index in [-0.39, 0.29) is 23.7 Å². The van der Waals surface area contributed by atoms with Gasteiger partial charge in [-0.15, -0.1) is 0 Å². The van der Waals surface area contributed by atoms with Crippen LogP contribution >= 0.6 is 0 Å². The van der Waals surface area contributed by atoms with Crippen LogP contribution in [0.2, 0.25) is 0 Å². The summed E-state index contributed by atoms with van der Waals surface area (Å²) in [5.41, 5.74) is 1.74. The van der Waals surface area contributed by atoms with E-state index >= 15 is 0 Å². The molecular weight excluding hydrogens is 314 g/mol. The molecule has 2 atom stereocenters. The summed E-state index contributed by atoms with van der Waals surface area (Å²) in [6.07, 6.45) is 5.30. The van der Waals surface area contributed by atoms with E-state index in [9.17, 15) is 9.59 Å². The van der Waals surface area contributed by atoms with E-state index in [4.69, 9.17) is 4.74 Å². The Kier molecular flexibility index (Phi) is 3.88. The molecule has 1 saturated heterocycles. The van der Waals surface area contributed by atoms with E-state index in [0.29, 0.717) is 24.3 Å². The molecule has 126 valence electrons. The van der Waals surface area contributed by atoms with Gasteiger partial charge in [-0.05, 0) is 61.7 Å².